The lowest BCUT2D eigenvalue weighted by Crippen LogP contribution is -2.31. The number of nitrogens with zero attached hydrogens (tertiary/aromatic N) is 4. The molecule has 0 aliphatic rings. The highest BCUT2D eigenvalue weighted by Crippen LogP contribution is 2.31. The van der Waals surface area contributed by atoms with Crippen LogP contribution in [-0.2, 0) is 0 Å². The fraction of sp³-hybridized carbons (Fsp3) is 0.400. The van der Waals surface area contributed by atoms with E-state index in [2.05, 4.69) is 43.0 Å². The monoisotopic (exact) mass is 304 g/mol. The van der Waals surface area contributed by atoms with E-state index in [1.165, 1.54) is 39.5 Å². The average molecular weight is 304 g/mol. The Morgan fingerprint density at radius 2 is 1.90 bits per heavy atom. The molecular weight excluding hydrogens is 284 g/mol. The van der Waals surface area contributed by atoms with E-state index in [0.717, 1.165) is 4.90 Å². The smallest absolute Gasteiger partial charge is 0.326 e. The SMILES string of the molecule is CCN(C)C(=O)n1cnc(Sc2c(C)cc(C)cc2C)n1. The fourth-order valence-electron chi connectivity index (χ4n) is 2.12. The number of carbonyl (C=O) groups excluding carboxylic acids is 1. The molecule has 0 bridgehead atoms. The first-order valence-corrected chi connectivity index (χ1v) is 7.66. The molecule has 0 aliphatic carbocycles. The summed E-state index contributed by atoms with van der Waals surface area (Å²) in [6.07, 6.45) is 1.47. The van der Waals surface area contributed by atoms with Crippen LogP contribution in [0.4, 0.5) is 4.79 Å². The molecule has 1 heterocycles. The van der Waals surface area contributed by atoms with E-state index in [4.69, 9.17) is 0 Å². The van der Waals surface area contributed by atoms with Gasteiger partial charge in [0.05, 0.1) is 0 Å². The lowest BCUT2D eigenvalue weighted by Gasteiger charge is -2.12. The van der Waals surface area contributed by atoms with E-state index in [1.54, 1.807) is 11.9 Å². The Bertz CT molecular complexity index is 642. The molecule has 0 radical (unpaired) electrons. The fourth-order valence-corrected chi connectivity index (χ4v) is 2.97. The lowest BCUT2D eigenvalue weighted by molar-refractivity contribution is 0.209. The molecule has 1 amide bonds. The van der Waals surface area contributed by atoms with Gasteiger partial charge in [0.1, 0.15) is 6.33 Å². The summed E-state index contributed by atoms with van der Waals surface area (Å²) in [5, 5.41) is 4.84. The first kappa shape index (κ1) is 15.6. The van der Waals surface area contributed by atoms with Crippen molar-refractivity contribution in [3.8, 4) is 0 Å². The molecule has 112 valence electrons. The Labute approximate surface area is 129 Å². The third-order valence-electron chi connectivity index (χ3n) is 3.27. The van der Waals surface area contributed by atoms with Crippen molar-refractivity contribution >= 4 is 17.8 Å². The maximum absolute atomic E-state index is 12.0. The van der Waals surface area contributed by atoms with E-state index in [1.807, 2.05) is 6.92 Å². The number of aromatic nitrogens is 3. The number of rotatable bonds is 3. The zero-order valence-electron chi connectivity index (χ0n) is 13.0. The van der Waals surface area contributed by atoms with E-state index in [0.29, 0.717) is 11.7 Å². The molecule has 5 nitrogen and oxygen atoms in total. The Kier molecular flexibility index (Phi) is 4.67. The van der Waals surface area contributed by atoms with Crippen LogP contribution in [-0.4, -0.2) is 39.3 Å². The van der Waals surface area contributed by atoms with Crippen LogP contribution in [0.1, 0.15) is 23.6 Å². The number of hydrogen-bond acceptors (Lipinski definition) is 4. The van der Waals surface area contributed by atoms with Crippen LogP contribution in [0.3, 0.4) is 0 Å². The van der Waals surface area contributed by atoms with Gasteiger partial charge in [-0.1, -0.05) is 17.7 Å². The summed E-state index contributed by atoms with van der Waals surface area (Å²) in [5.74, 6) is 0. The van der Waals surface area contributed by atoms with Crippen molar-refractivity contribution in [3.05, 3.63) is 35.2 Å². The van der Waals surface area contributed by atoms with Crippen LogP contribution < -0.4 is 0 Å². The predicted molar refractivity (Wildman–Crippen MR) is 83.9 cm³/mol. The minimum absolute atomic E-state index is 0.172. The molecule has 2 aromatic rings. The zero-order valence-corrected chi connectivity index (χ0v) is 13.9. The van der Waals surface area contributed by atoms with Gasteiger partial charge in [0, 0.05) is 18.5 Å². The molecule has 2 rings (SSSR count). The molecule has 0 saturated heterocycles. The van der Waals surface area contributed by atoms with Crippen LogP contribution in [0, 0.1) is 20.8 Å². The normalized spacial score (nSPS) is 10.7. The van der Waals surface area contributed by atoms with E-state index in [9.17, 15) is 4.79 Å². The van der Waals surface area contributed by atoms with Crippen molar-refractivity contribution in [3.63, 3.8) is 0 Å². The second-order valence-electron chi connectivity index (χ2n) is 5.10. The van der Waals surface area contributed by atoms with Crippen molar-refractivity contribution in [2.24, 2.45) is 0 Å². The number of hydrogen-bond donors (Lipinski definition) is 0. The maximum Gasteiger partial charge on any atom is 0.345 e. The summed E-state index contributed by atoms with van der Waals surface area (Å²) in [5.41, 5.74) is 3.64. The Morgan fingerprint density at radius 1 is 1.29 bits per heavy atom. The van der Waals surface area contributed by atoms with Crippen molar-refractivity contribution < 1.29 is 4.79 Å². The van der Waals surface area contributed by atoms with Crippen LogP contribution in [0.25, 0.3) is 0 Å². The van der Waals surface area contributed by atoms with Gasteiger partial charge in [0.2, 0.25) is 5.16 Å². The third-order valence-corrected chi connectivity index (χ3v) is 4.48. The van der Waals surface area contributed by atoms with Gasteiger partial charge < -0.3 is 4.90 Å². The van der Waals surface area contributed by atoms with Gasteiger partial charge in [0.25, 0.3) is 0 Å². The lowest BCUT2D eigenvalue weighted by atomic mass is 10.1. The standard InChI is InChI=1S/C15H20N4OS/c1-6-18(5)15(20)19-9-16-14(17-19)21-13-11(3)7-10(2)8-12(13)4/h7-9H,6H2,1-5H3. The highest BCUT2D eigenvalue weighted by molar-refractivity contribution is 7.99. The number of benzene rings is 1. The van der Waals surface area contributed by atoms with Gasteiger partial charge in [0.15, 0.2) is 0 Å². The number of amides is 1. The molecule has 0 atom stereocenters. The van der Waals surface area contributed by atoms with Gasteiger partial charge in [-0.15, -0.1) is 5.10 Å². The van der Waals surface area contributed by atoms with Gasteiger partial charge in [-0.3, -0.25) is 0 Å². The quantitative estimate of drug-likeness (QED) is 0.873. The molecule has 0 N–H and O–H groups in total. The Hall–Kier alpha value is -1.82. The second kappa shape index (κ2) is 6.30. The highest BCUT2D eigenvalue weighted by atomic mass is 32.2. The van der Waals surface area contributed by atoms with Crippen LogP contribution in [0.15, 0.2) is 28.5 Å². The average Bonchev–Trinajstić information content (AvgIpc) is 2.89. The molecule has 0 spiro atoms. The molecule has 1 aromatic heterocycles. The minimum Gasteiger partial charge on any atom is -0.326 e. The maximum atomic E-state index is 12.0. The van der Waals surface area contributed by atoms with Crippen LogP contribution >= 0.6 is 11.8 Å². The van der Waals surface area contributed by atoms with Gasteiger partial charge in [-0.25, -0.2) is 9.78 Å². The Morgan fingerprint density at radius 3 is 2.48 bits per heavy atom. The third kappa shape index (κ3) is 3.44. The molecular formula is C15H20N4OS. The topological polar surface area (TPSA) is 51.0 Å². The van der Waals surface area contributed by atoms with Crippen LogP contribution in [0.5, 0.6) is 0 Å². The van der Waals surface area contributed by atoms with Crippen molar-refractivity contribution in [1.82, 2.24) is 19.7 Å². The van der Waals surface area contributed by atoms with Gasteiger partial charge in [-0.2, -0.15) is 4.68 Å². The molecule has 0 unspecified atom stereocenters. The molecule has 0 saturated carbocycles. The number of aryl methyl sites for hydroxylation is 3. The molecule has 1 aromatic carbocycles. The summed E-state index contributed by atoms with van der Waals surface area (Å²) in [6.45, 7) is 8.80. The van der Waals surface area contributed by atoms with Crippen LogP contribution in [0.2, 0.25) is 0 Å². The molecule has 6 heteroatoms. The van der Waals surface area contributed by atoms with Crippen molar-refractivity contribution in [2.45, 2.75) is 37.7 Å². The first-order valence-electron chi connectivity index (χ1n) is 6.85. The summed E-state index contributed by atoms with van der Waals surface area (Å²) >= 11 is 1.49. The predicted octanol–water partition coefficient (Wildman–Crippen LogP) is 3.27. The van der Waals surface area contributed by atoms with Gasteiger partial charge >= 0.3 is 6.03 Å². The van der Waals surface area contributed by atoms with E-state index >= 15 is 0 Å². The summed E-state index contributed by atoms with van der Waals surface area (Å²) < 4.78 is 1.28. The second-order valence-corrected chi connectivity index (χ2v) is 6.08. The number of carbonyl (C=O) groups is 1. The largest absolute Gasteiger partial charge is 0.345 e. The first-order chi connectivity index (χ1) is 9.92. The molecule has 0 fully saturated rings. The van der Waals surface area contributed by atoms with Crippen molar-refractivity contribution in [1.29, 1.82) is 0 Å². The van der Waals surface area contributed by atoms with E-state index < -0.39 is 0 Å². The highest BCUT2D eigenvalue weighted by Gasteiger charge is 2.14. The summed E-state index contributed by atoms with van der Waals surface area (Å²) in [7, 11) is 1.74. The minimum atomic E-state index is -0.172. The molecule has 21 heavy (non-hydrogen) atoms. The van der Waals surface area contributed by atoms with E-state index in [-0.39, 0.29) is 6.03 Å². The zero-order chi connectivity index (χ0) is 15.6. The summed E-state index contributed by atoms with van der Waals surface area (Å²) in [6, 6.07) is 4.11. The molecule has 0 aliphatic heterocycles. The van der Waals surface area contributed by atoms with Crippen molar-refractivity contribution in [2.75, 3.05) is 13.6 Å². The summed E-state index contributed by atoms with van der Waals surface area (Å²) in [4.78, 5) is 19.0. The van der Waals surface area contributed by atoms with Gasteiger partial charge in [-0.05, 0) is 50.6 Å². The Balaban J connectivity index is 2.22.